The first-order valence-electron chi connectivity index (χ1n) is 18.1. The van der Waals surface area contributed by atoms with Crippen LogP contribution in [0.5, 0.6) is 5.75 Å². The predicted molar refractivity (Wildman–Crippen MR) is 209 cm³/mol. The Morgan fingerprint density at radius 1 is 0.596 bits per heavy atom. The van der Waals surface area contributed by atoms with Gasteiger partial charge in [0, 0.05) is 49.7 Å². The predicted octanol–water partition coefficient (Wildman–Crippen LogP) is 6.16. The molecular formula is C41H46N10O. The molecule has 266 valence electrons. The minimum absolute atomic E-state index is 0.176. The number of methoxy groups -OCH3 is 1. The lowest BCUT2D eigenvalue weighted by atomic mass is 9.81. The van der Waals surface area contributed by atoms with Gasteiger partial charge in [-0.05, 0) is 78.6 Å². The Morgan fingerprint density at radius 3 is 1.69 bits per heavy atom. The Bertz CT molecular complexity index is 2280. The molecule has 0 atom stereocenters. The van der Waals surface area contributed by atoms with Gasteiger partial charge in [-0.2, -0.15) is 0 Å². The van der Waals surface area contributed by atoms with E-state index in [0.29, 0.717) is 0 Å². The number of nitrogens with one attached hydrogen (secondary N) is 2. The molecule has 0 unspecified atom stereocenters. The zero-order valence-corrected chi connectivity index (χ0v) is 29.6. The van der Waals surface area contributed by atoms with E-state index in [2.05, 4.69) is 88.2 Å². The number of hydrogen-bond acceptors (Lipinski definition) is 9. The number of nitrogens with two attached hydrogens (primary N) is 2. The summed E-state index contributed by atoms with van der Waals surface area (Å²) >= 11 is 0. The molecule has 6 heterocycles. The van der Waals surface area contributed by atoms with Gasteiger partial charge in [-0.15, -0.1) is 0 Å². The van der Waals surface area contributed by atoms with Gasteiger partial charge in [-0.3, -0.25) is 0 Å². The zero-order valence-electron chi connectivity index (χ0n) is 29.6. The van der Waals surface area contributed by atoms with Crippen LogP contribution < -0.4 is 26.0 Å². The summed E-state index contributed by atoms with van der Waals surface area (Å²) in [5.41, 5.74) is 17.5. The molecule has 7 aromatic rings. The first-order valence-corrected chi connectivity index (χ1v) is 18.1. The molecule has 9 rings (SSSR count). The Labute approximate surface area is 303 Å². The number of aromatic amines is 2. The highest BCUT2D eigenvalue weighted by atomic mass is 16.5. The number of para-hydroxylation sites is 1. The Balaban J connectivity index is 0.000000149. The number of hydrogen-bond donors (Lipinski definition) is 4. The molecule has 2 fully saturated rings. The van der Waals surface area contributed by atoms with Gasteiger partial charge < -0.3 is 36.0 Å². The van der Waals surface area contributed by atoms with Crippen molar-refractivity contribution in [3.05, 3.63) is 115 Å². The Kier molecular flexibility index (Phi) is 9.21. The second kappa shape index (κ2) is 14.2. The molecule has 0 spiro atoms. The third-order valence-electron chi connectivity index (χ3n) is 10.9. The summed E-state index contributed by atoms with van der Waals surface area (Å²) in [6.45, 7) is 3.61. The van der Waals surface area contributed by atoms with Crippen LogP contribution >= 0.6 is 0 Å². The maximum absolute atomic E-state index is 6.85. The summed E-state index contributed by atoms with van der Waals surface area (Å²) in [5.74, 6) is 2.92. The third-order valence-corrected chi connectivity index (χ3v) is 10.9. The van der Waals surface area contributed by atoms with E-state index in [-0.39, 0.29) is 11.1 Å². The Morgan fingerprint density at radius 2 is 1.10 bits per heavy atom. The van der Waals surface area contributed by atoms with Gasteiger partial charge >= 0.3 is 0 Å². The maximum Gasteiger partial charge on any atom is 0.142 e. The SMILES string of the molecule is COc1ccccc1CC1(N)CCN(c2ncnc3[nH]ccc23)CC1.NC1(Cc2cccc3ccccc23)CCN(c2ncnc3[nH]ccc23)CC1. The molecule has 3 aromatic carbocycles. The summed E-state index contributed by atoms with van der Waals surface area (Å²) in [6, 6.07) is 27.3. The molecule has 0 saturated carbocycles. The second-order valence-corrected chi connectivity index (χ2v) is 14.4. The highest BCUT2D eigenvalue weighted by molar-refractivity contribution is 5.88. The van der Waals surface area contributed by atoms with Crippen molar-refractivity contribution in [3.8, 4) is 5.75 Å². The average Bonchev–Trinajstić information content (AvgIpc) is 3.87. The molecule has 0 bridgehead atoms. The number of aromatic nitrogens is 6. The number of benzene rings is 3. The van der Waals surface area contributed by atoms with E-state index in [1.807, 2.05) is 42.7 Å². The number of nitrogens with zero attached hydrogens (tertiary/aromatic N) is 6. The van der Waals surface area contributed by atoms with Gasteiger partial charge in [0.15, 0.2) is 0 Å². The number of fused-ring (bicyclic) bond motifs is 3. The standard InChI is InChI=1S/C22H23N5.C19H23N5O/c23-22(14-17-6-3-5-16-4-1-2-7-18(16)17)9-12-27(13-10-22)21-19-8-11-24-20(19)25-15-26-21;1-25-16-5-3-2-4-14(16)12-19(20)7-10-24(11-8-19)18-15-6-9-21-17(15)22-13-23-18/h1-8,11,15H,9-10,12-14,23H2,(H,24,25,26);2-6,9,13H,7-8,10-12,20H2,1H3,(H,21,22,23). The van der Waals surface area contributed by atoms with Crippen LogP contribution in [0.1, 0.15) is 36.8 Å². The topological polar surface area (TPSA) is 151 Å². The second-order valence-electron chi connectivity index (χ2n) is 14.4. The van der Waals surface area contributed by atoms with Crippen molar-refractivity contribution >= 4 is 44.5 Å². The normalized spacial score (nSPS) is 16.9. The molecule has 2 saturated heterocycles. The molecule has 11 nitrogen and oxygen atoms in total. The van der Waals surface area contributed by atoms with Crippen LogP contribution in [0.2, 0.25) is 0 Å². The molecule has 0 amide bonds. The molecule has 0 aliphatic carbocycles. The smallest absolute Gasteiger partial charge is 0.142 e. The van der Waals surface area contributed by atoms with Crippen molar-refractivity contribution in [1.29, 1.82) is 0 Å². The van der Waals surface area contributed by atoms with Gasteiger partial charge in [0.05, 0.1) is 17.9 Å². The minimum atomic E-state index is -0.213. The monoisotopic (exact) mass is 694 g/mol. The quantitative estimate of drug-likeness (QED) is 0.154. The van der Waals surface area contributed by atoms with Crippen LogP contribution in [0.4, 0.5) is 11.6 Å². The van der Waals surface area contributed by atoms with E-state index < -0.39 is 0 Å². The van der Waals surface area contributed by atoms with E-state index in [9.17, 15) is 0 Å². The number of H-pyrrole nitrogens is 2. The first-order chi connectivity index (χ1) is 25.4. The molecule has 2 aliphatic rings. The van der Waals surface area contributed by atoms with Gasteiger partial charge in [0.2, 0.25) is 0 Å². The summed E-state index contributed by atoms with van der Waals surface area (Å²) in [4.78, 5) is 28.5. The third kappa shape index (κ3) is 6.89. The van der Waals surface area contributed by atoms with E-state index in [1.54, 1.807) is 19.8 Å². The lowest BCUT2D eigenvalue weighted by molar-refractivity contribution is 0.324. The fraction of sp³-hybridized carbons (Fsp3) is 0.317. The maximum atomic E-state index is 6.85. The van der Waals surface area contributed by atoms with Crippen molar-refractivity contribution in [3.63, 3.8) is 0 Å². The van der Waals surface area contributed by atoms with Crippen LogP contribution in [0.3, 0.4) is 0 Å². The fourth-order valence-corrected chi connectivity index (χ4v) is 7.96. The van der Waals surface area contributed by atoms with E-state index in [4.69, 9.17) is 16.2 Å². The van der Waals surface area contributed by atoms with Crippen LogP contribution in [-0.4, -0.2) is 74.3 Å². The number of piperidine rings is 2. The Hall–Kier alpha value is -5.52. The zero-order chi connectivity index (χ0) is 35.5. The average molecular weight is 695 g/mol. The van der Waals surface area contributed by atoms with Crippen LogP contribution in [0, 0.1) is 0 Å². The number of anilines is 2. The summed E-state index contributed by atoms with van der Waals surface area (Å²) in [7, 11) is 1.71. The largest absolute Gasteiger partial charge is 0.496 e. The van der Waals surface area contributed by atoms with Gasteiger partial charge in [-0.1, -0.05) is 60.7 Å². The number of rotatable bonds is 7. The summed E-state index contributed by atoms with van der Waals surface area (Å²) < 4.78 is 5.48. The lowest BCUT2D eigenvalue weighted by Gasteiger charge is -2.40. The van der Waals surface area contributed by atoms with Crippen molar-refractivity contribution in [2.45, 2.75) is 49.6 Å². The molecule has 4 aromatic heterocycles. The van der Waals surface area contributed by atoms with Crippen molar-refractivity contribution in [1.82, 2.24) is 29.9 Å². The van der Waals surface area contributed by atoms with Gasteiger partial charge in [-0.25, -0.2) is 19.9 Å². The van der Waals surface area contributed by atoms with Gasteiger partial charge in [0.1, 0.15) is 41.3 Å². The minimum Gasteiger partial charge on any atom is -0.496 e. The fourth-order valence-electron chi connectivity index (χ4n) is 7.96. The van der Waals surface area contributed by atoms with Crippen LogP contribution in [-0.2, 0) is 12.8 Å². The van der Waals surface area contributed by atoms with E-state index in [1.165, 1.54) is 21.9 Å². The van der Waals surface area contributed by atoms with Gasteiger partial charge in [0.25, 0.3) is 0 Å². The summed E-state index contributed by atoms with van der Waals surface area (Å²) in [6.07, 6.45) is 12.5. The molecule has 2 aliphatic heterocycles. The van der Waals surface area contributed by atoms with E-state index >= 15 is 0 Å². The lowest BCUT2D eigenvalue weighted by Crippen LogP contribution is -2.52. The van der Waals surface area contributed by atoms with Crippen LogP contribution in [0.15, 0.2) is 104 Å². The van der Waals surface area contributed by atoms with Crippen molar-refractivity contribution in [2.24, 2.45) is 11.5 Å². The molecule has 11 heteroatoms. The number of ether oxygens (including phenoxy) is 1. The van der Waals surface area contributed by atoms with E-state index in [0.717, 1.165) is 104 Å². The van der Waals surface area contributed by atoms with Crippen molar-refractivity contribution in [2.75, 3.05) is 43.1 Å². The molecular weight excluding hydrogens is 649 g/mol. The van der Waals surface area contributed by atoms with Crippen LogP contribution in [0.25, 0.3) is 32.8 Å². The highest BCUT2D eigenvalue weighted by Crippen LogP contribution is 2.33. The molecule has 52 heavy (non-hydrogen) atoms. The molecule has 6 N–H and O–H groups in total. The highest BCUT2D eigenvalue weighted by Gasteiger charge is 2.34. The first kappa shape index (κ1) is 33.6. The summed E-state index contributed by atoms with van der Waals surface area (Å²) in [5, 5.41) is 4.75. The van der Waals surface area contributed by atoms with Crippen molar-refractivity contribution < 1.29 is 4.74 Å². The molecule has 0 radical (unpaired) electrons.